The number of hydrogen-bond acceptors (Lipinski definition) is 5. The minimum absolute atomic E-state index is 0.0312. The minimum atomic E-state index is 0.0312. The van der Waals surface area contributed by atoms with Crippen LogP contribution < -0.4 is 5.32 Å². The van der Waals surface area contributed by atoms with E-state index in [2.05, 4.69) is 40.8 Å². The summed E-state index contributed by atoms with van der Waals surface area (Å²) in [5.41, 5.74) is 2.48. The molecule has 8 heteroatoms. The van der Waals surface area contributed by atoms with Crippen molar-refractivity contribution in [3.05, 3.63) is 39.1 Å². The predicted molar refractivity (Wildman–Crippen MR) is 164 cm³/mol. The number of aryl methyl sites for hydroxylation is 2. The highest BCUT2D eigenvalue weighted by atomic mass is 32.1. The number of thiophene rings is 1. The molecule has 3 fully saturated rings. The summed E-state index contributed by atoms with van der Waals surface area (Å²) in [6.07, 6.45) is 12.5. The maximum atomic E-state index is 13.2. The number of aromatic nitrogens is 2. The molecule has 2 bridgehead atoms. The number of piperidine rings is 1. The first-order valence-electron chi connectivity index (χ1n) is 16.3. The number of nitrogens with one attached hydrogen (secondary N) is 1. The number of hydrogen-bond donors (Lipinski definition) is 1. The van der Waals surface area contributed by atoms with Crippen molar-refractivity contribution in [1.29, 1.82) is 0 Å². The molecule has 224 valence electrons. The Labute approximate surface area is 250 Å². The van der Waals surface area contributed by atoms with Crippen molar-refractivity contribution in [1.82, 2.24) is 24.7 Å². The van der Waals surface area contributed by atoms with Crippen LogP contribution in [0.5, 0.6) is 0 Å². The molecule has 7 nitrogen and oxygen atoms in total. The van der Waals surface area contributed by atoms with E-state index >= 15 is 0 Å². The van der Waals surface area contributed by atoms with Gasteiger partial charge in [-0.15, -0.1) is 11.3 Å². The molecule has 1 N–H and O–H groups in total. The van der Waals surface area contributed by atoms with Crippen molar-refractivity contribution < 1.29 is 9.59 Å². The van der Waals surface area contributed by atoms with E-state index < -0.39 is 0 Å². The minimum Gasteiger partial charge on any atom is -0.348 e. The second kappa shape index (κ2) is 12.2. The van der Waals surface area contributed by atoms with E-state index in [9.17, 15) is 9.59 Å². The summed E-state index contributed by atoms with van der Waals surface area (Å²) in [7, 11) is 0. The van der Waals surface area contributed by atoms with Gasteiger partial charge in [-0.1, -0.05) is 33.1 Å². The van der Waals surface area contributed by atoms with E-state index in [0.717, 1.165) is 50.3 Å². The fraction of sp³-hybridized carbons (Fsp3) is 0.727. The molecule has 2 aromatic rings. The Balaban J connectivity index is 1.11. The van der Waals surface area contributed by atoms with Gasteiger partial charge in [-0.25, -0.2) is 4.98 Å². The van der Waals surface area contributed by atoms with Gasteiger partial charge in [-0.2, -0.15) is 0 Å². The lowest BCUT2D eigenvalue weighted by molar-refractivity contribution is -0.135. The summed E-state index contributed by atoms with van der Waals surface area (Å²) in [5.74, 6) is 1.85. The molecule has 0 aromatic carbocycles. The van der Waals surface area contributed by atoms with Gasteiger partial charge in [0.05, 0.1) is 18.3 Å². The van der Waals surface area contributed by atoms with E-state index in [0.29, 0.717) is 24.7 Å². The Bertz CT molecular complexity index is 1230. The van der Waals surface area contributed by atoms with E-state index in [-0.39, 0.29) is 29.7 Å². The lowest BCUT2D eigenvalue weighted by Crippen LogP contribution is -2.45. The average Bonchev–Trinajstić information content (AvgIpc) is 3.61. The van der Waals surface area contributed by atoms with Gasteiger partial charge in [0.2, 0.25) is 11.8 Å². The van der Waals surface area contributed by atoms with E-state index in [1.807, 2.05) is 30.1 Å². The van der Waals surface area contributed by atoms with Crippen molar-refractivity contribution >= 4 is 23.2 Å². The SMILES string of the molecule is Cc1ccc(C(CCN2C3CCC2CC(n2c(C)nc4c2CCN(C(=O)C(C)C)C4)C3)NC(=O)C2CCCCC2)s1. The lowest BCUT2D eigenvalue weighted by atomic mass is 9.88. The molecule has 1 saturated carbocycles. The van der Waals surface area contributed by atoms with Crippen LogP contribution in [-0.4, -0.2) is 56.3 Å². The highest BCUT2D eigenvalue weighted by molar-refractivity contribution is 7.12. The van der Waals surface area contributed by atoms with Gasteiger partial charge in [0.15, 0.2) is 0 Å². The summed E-state index contributed by atoms with van der Waals surface area (Å²) in [6, 6.07) is 6.22. The highest BCUT2D eigenvalue weighted by Crippen LogP contribution is 2.43. The third-order valence-electron chi connectivity index (χ3n) is 10.3. The topological polar surface area (TPSA) is 70.5 Å². The zero-order chi connectivity index (χ0) is 28.7. The lowest BCUT2D eigenvalue weighted by Gasteiger charge is -2.41. The number of fused-ring (bicyclic) bond motifs is 3. The summed E-state index contributed by atoms with van der Waals surface area (Å²) >= 11 is 1.84. The Morgan fingerprint density at radius 3 is 2.41 bits per heavy atom. The molecule has 2 saturated heterocycles. The summed E-state index contributed by atoms with van der Waals surface area (Å²) in [4.78, 5) is 38.3. The van der Waals surface area contributed by atoms with Gasteiger partial charge < -0.3 is 14.8 Å². The van der Waals surface area contributed by atoms with Crippen LogP contribution in [0.1, 0.15) is 117 Å². The average molecular weight is 580 g/mol. The first-order chi connectivity index (χ1) is 19.8. The first kappa shape index (κ1) is 28.9. The van der Waals surface area contributed by atoms with E-state index in [4.69, 9.17) is 4.98 Å². The zero-order valence-electron chi connectivity index (χ0n) is 25.5. The first-order valence-corrected chi connectivity index (χ1v) is 17.1. The maximum Gasteiger partial charge on any atom is 0.225 e. The molecule has 4 aliphatic rings. The summed E-state index contributed by atoms with van der Waals surface area (Å²) < 4.78 is 2.55. The van der Waals surface area contributed by atoms with Crippen LogP contribution in [0.3, 0.4) is 0 Å². The molecule has 1 aliphatic carbocycles. The number of nitrogens with zero attached hydrogens (tertiary/aromatic N) is 4. The maximum absolute atomic E-state index is 13.2. The zero-order valence-corrected chi connectivity index (χ0v) is 26.3. The van der Waals surface area contributed by atoms with E-state index in [1.165, 1.54) is 60.4 Å². The number of carbonyl (C=O) groups excluding carboxylic acids is 2. The summed E-state index contributed by atoms with van der Waals surface area (Å²) in [6.45, 7) is 10.8. The van der Waals surface area contributed by atoms with Gasteiger partial charge >= 0.3 is 0 Å². The molecule has 3 atom stereocenters. The van der Waals surface area contributed by atoms with Gasteiger partial charge in [0, 0.05) is 64.9 Å². The van der Waals surface area contributed by atoms with Crippen molar-refractivity contribution in [3.63, 3.8) is 0 Å². The Kier molecular flexibility index (Phi) is 8.60. The van der Waals surface area contributed by atoms with Gasteiger partial charge in [-0.3, -0.25) is 14.5 Å². The van der Waals surface area contributed by atoms with E-state index in [1.54, 1.807) is 0 Å². The fourth-order valence-corrected chi connectivity index (χ4v) is 9.22. The smallest absolute Gasteiger partial charge is 0.225 e. The standard InChI is InChI=1S/C33H49N5O2S/c1-21(2)33(40)36-16-15-30-29(20-36)34-23(4)38(30)27-18-25-11-12-26(19-27)37(25)17-14-28(31-13-10-22(3)41-31)35-32(39)24-8-6-5-7-9-24/h10,13,21,24-28H,5-9,11-12,14-20H2,1-4H3,(H,35,39). The molecule has 0 radical (unpaired) electrons. The molecule has 2 amide bonds. The Morgan fingerprint density at radius 1 is 1.02 bits per heavy atom. The molecular weight excluding hydrogens is 530 g/mol. The van der Waals surface area contributed by atoms with Crippen LogP contribution in [0.2, 0.25) is 0 Å². The third kappa shape index (κ3) is 6.01. The second-order valence-corrected chi connectivity index (χ2v) is 14.8. The van der Waals surface area contributed by atoms with Crippen LogP contribution in [0.15, 0.2) is 12.1 Å². The van der Waals surface area contributed by atoms with Crippen molar-refractivity contribution in [3.8, 4) is 0 Å². The predicted octanol–water partition coefficient (Wildman–Crippen LogP) is 6.10. The third-order valence-corrected chi connectivity index (χ3v) is 11.4. The van der Waals surface area contributed by atoms with Crippen LogP contribution >= 0.6 is 11.3 Å². The molecule has 2 aromatic heterocycles. The normalized spacial score (nSPS) is 25.9. The number of carbonyl (C=O) groups is 2. The number of amides is 2. The van der Waals surface area contributed by atoms with Gasteiger partial charge in [-0.05, 0) is 70.9 Å². The molecule has 41 heavy (non-hydrogen) atoms. The monoisotopic (exact) mass is 579 g/mol. The quantitative estimate of drug-likeness (QED) is 0.410. The molecule has 0 spiro atoms. The highest BCUT2D eigenvalue weighted by Gasteiger charge is 2.42. The number of rotatable bonds is 8. The molecule has 5 heterocycles. The molecule has 3 unspecified atom stereocenters. The molecular formula is C33H49N5O2S. The Morgan fingerprint density at radius 2 is 1.76 bits per heavy atom. The van der Waals surface area contributed by atoms with Crippen LogP contribution in [0.4, 0.5) is 0 Å². The van der Waals surface area contributed by atoms with Crippen LogP contribution in [0, 0.1) is 25.7 Å². The van der Waals surface area contributed by atoms with Crippen molar-refractivity contribution in [2.75, 3.05) is 13.1 Å². The fourth-order valence-electron chi connectivity index (χ4n) is 8.26. The largest absolute Gasteiger partial charge is 0.348 e. The van der Waals surface area contributed by atoms with Crippen LogP contribution in [0.25, 0.3) is 0 Å². The van der Waals surface area contributed by atoms with Gasteiger partial charge in [0.25, 0.3) is 0 Å². The molecule has 6 rings (SSSR count). The van der Waals surface area contributed by atoms with Gasteiger partial charge in [0.1, 0.15) is 5.82 Å². The second-order valence-electron chi connectivity index (χ2n) is 13.5. The van der Waals surface area contributed by atoms with Crippen LogP contribution in [-0.2, 0) is 22.6 Å². The summed E-state index contributed by atoms with van der Waals surface area (Å²) in [5, 5.41) is 3.50. The Hall–Kier alpha value is -2.19. The molecule has 3 aliphatic heterocycles. The number of imidazole rings is 1. The van der Waals surface area contributed by atoms with Crippen molar-refractivity contribution in [2.45, 2.75) is 129 Å². The van der Waals surface area contributed by atoms with Crippen molar-refractivity contribution in [2.24, 2.45) is 11.8 Å².